The molecule has 23 heavy (non-hydrogen) atoms. The number of hydrogen-bond acceptors (Lipinski definition) is 6. The van der Waals surface area contributed by atoms with Gasteiger partial charge in [-0.1, -0.05) is 46.8 Å². The Balaban J connectivity index is 1.46. The van der Waals surface area contributed by atoms with Gasteiger partial charge in [0.2, 0.25) is 11.0 Å². The number of aromatic nitrogens is 2. The highest BCUT2D eigenvalue weighted by molar-refractivity contribution is 8.02. The number of benzene rings is 1. The predicted octanol–water partition coefficient (Wildman–Crippen LogP) is 3.56. The van der Waals surface area contributed by atoms with E-state index in [4.69, 9.17) is 11.6 Å². The highest BCUT2D eigenvalue weighted by atomic mass is 35.5. The molecule has 1 aromatic heterocycles. The van der Waals surface area contributed by atoms with Crippen molar-refractivity contribution in [2.45, 2.75) is 41.9 Å². The summed E-state index contributed by atoms with van der Waals surface area (Å²) < 4.78 is 0.808. The van der Waals surface area contributed by atoms with Gasteiger partial charge >= 0.3 is 0 Å². The quantitative estimate of drug-likeness (QED) is 0.731. The van der Waals surface area contributed by atoms with Gasteiger partial charge in [-0.2, -0.15) is 0 Å². The van der Waals surface area contributed by atoms with Crippen molar-refractivity contribution >= 4 is 45.7 Å². The maximum Gasteiger partial charge on any atom is 0.233 e. The first-order valence-corrected chi connectivity index (χ1v) is 9.46. The summed E-state index contributed by atoms with van der Waals surface area (Å²) in [6.07, 6.45) is 2.40. The first-order chi connectivity index (χ1) is 11.1. The van der Waals surface area contributed by atoms with Gasteiger partial charge in [-0.3, -0.25) is 4.79 Å². The predicted molar refractivity (Wildman–Crippen MR) is 95.2 cm³/mol. The molecule has 1 amide bonds. The van der Waals surface area contributed by atoms with Crippen molar-refractivity contribution in [3.63, 3.8) is 0 Å². The Bertz CT molecular complexity index is 672. The zero-order valence-electron chi connectivity index (χ0n) is 12.6. The van der Waals surface area contributed by atoms with Crippen LogP contribution in [0, 0.1) is 0 Å². The summed E-state index contributed by atoms with van der Waals surface area (Å²) in [5, 5.41) is 15.8. The molecule has 1 fully saturated rings. The zero-order valence-corrected chi connectivity index (χ0v) is 15.0. The van der Waals surface area contributed by atoms with Crippen molar-refractivity contribution in [2.75, 3.05) is 5.32 Å². The number of hydrogen-bond donors (Lipinski definition) is 2. The molecule has 1 aliphatic rings. The monoisotopic (exact) mass is 368 g/mol. The minimum absolute atomic E-state index is 0.0168. The third kappa shape index (κ3) is 5.09. The number of anilines is 1. The molecule has 1 aromatic carbocycles. The molecular formula is C15H17ClN4OS2. The molecule has 1 unspecified atom stereocenters. The first kappa shape index (κ1) is 16.5. The fourth-order valence-corrected chi connectivity index (χ4v) is 3.98. The molecule has 0 bridgehead atoms. The van der Waals surface area contributed by atoms with Gasteiger partial charge in [0, 0.05) is 17.6 Å². The minimum Gasteiger partial charge on any atom is -0.357 e. The average Bonchev–Trinajstić information content (AvgIpc) is 3.25. The number of carbonyl (C=O) groups excluding carboxylic acids is 1. The van der Waals surface area contributed by atoms with Gasteiger partial charge in [0.05, 0.1) is 5.25 Å². The van der Waals surface area contributed by atoms with Crippen LogP contribution in [0.3, 0.4) is 0 Å². The van der Waals surface area contributed by atoms with Crippen LogP contribution in [0.5, 0.6) is 0 Å². The van der Waals surface area contributed by atoms with E-state index in [9.17, 15) is 4.79 Å². The van der Waals surface area contributed by atoms with Crippen molar-refractivity contribution < 1.29 is 4.79 Å². The summed E-state index contributed by atoms with van der Waals surface area (Å²) in [4.78, 5) is 12.2. The van der Waals surface area contributed by atoms with E-state index in [1.54, 1.807) is 0 Å². The molecular weight excluding hydrogens is 352 g/mol. The molecule has 2 aromatic rings. The lowest BCUT2D eigenvalue weighted by Crippen LogP contribution is -2.30. The van der Waals surface area contributed by atoms with Crippen LogP contribution in [-0.2, 0) is 11.3 Å². The van der Waals surface area contributed by atoms with Crippen LogP contribution in [-0.4, -0.2) is 27.4 Å². The topological polar surface area (TPSA) is 66.9 Å². The van der Waals surface area contributed by atoms with Crippen molar-refractivity contribution in [3.8, 4) is 0 Å². The van der Waals surface area contributed by atoms with Gasteiger partial charge in [-0.15, -0.1) is 10.2 Å². The molecule has 2 N–H and O–H groups in total. The molecule has 3 rings (SSSR count). The highest BCUT2D eigenvalue weighted by Crippen LogP contribution is 2.32. The number of rotatable bonds is 7. The molecule has 1 heterocycles. The van der Waals surface area contributed by atoms with Crippen LogP contribution in [0.25, 0.3) is 0 Å². The fourth-order valence-electron chi connectivity index (χ4n) is 1.86. The summed E-state index contributed by atoms with van der Waals surface area (Å²) in [7, 11) is 0. The second-order valence-corrected chi connectivity index (χ2v) is 8.40. The van der Waals surface area contributed by atoms with Crippen molar-refractivity contribution in [3.05, 3.63) is 34.9 Å². The van der Waals surface area contributed by atoms with Gasteiger partial charge in [-0.25, -0.2) is 0 Å². The number of nitrogens with zero attached hydrogens (tertiary/aromatic N) is 2. The molecule has 0 saturated heterocycles. The minimum atomic E-state index is -0.218. The largest absolute Gasteiger partial charge is 0.357 e. The summed E-state index contributed by atoms with van der Waals surface area (Å²) >= 11 is 8.77. The molecule has 1 saturated carbocycles. The van der Waals surface area contributed by atoms with Crippen molar-refractivity contribution in [2.24, 2.45) is 0 Å². The summed E-state index contributed by atoms with van der Waals surface area (Å²) in [6.45, 7) is 2.36. The van der Waals surface area contributed by atoms with Crippen LogP contribution >= 0.6 is 34.7 Å². The van der Waals surface area contributed by atoms with Crippen LogP contribution in [0.15, 0.2) is 28.6 Å². The number of nitrogens with one attached hydrogen (secondary N) is 2. The van der Waals surface area contributed by atoms with Crippen LogP contribution < -0.4 is 10.6 Å². The Morgan fingerprint density at radius 1 is 1.39 bits per heavy atom. The van der Waals surface area contributed by atoms with E-state index in [2.05, 4.69) is 20.8 Å². The fraction of sp³-hybridized carbons (Fsp3) is 0.400. The second kappa shape index (κ2) is 7.51. The Morgan fingerprint density at radius 3 is 2.83 bits per heavy atom. The normalized spacial score (nSPS) is 15.2. The number of thioether (sulfide) groups is 1. The van der Waals surface area contributed by atoms with Gasteiger partial charge in [-0.05, 0) is 37.5 Å². The molecule has 0 aliphatic heterocycles. The lowest BCUT2D eigenvalue weighted by Gasteiger charge is -2.10. The number of halogens is 1. The SMILES string of the molecule is CC(Sc1nnc(NC2CC2)s1)C(=O)NCc1ccc(Cl)cc1. The van der Waals surface area contributed by atoms with Crippen molar-refractivity contribution in [1.29, 1.82) is 0 Å². The van der Waals surface area contributed by atoms with Crippen LogP contribution in [0.2, 0.25) is 5.02 Å². The maximum absolute atomic E-state index is 12.2. The Hall–Kier alpha value is -1.31. The molecule has 0 radical (unpaired) electrons. The standard InChI is InChI=1S/C15H17ClN4OS2/c1-9(13(21)17-8-10-2-4-11(16)5-3-10)22-15-20-19-14(23-15)18-12-6-7-12/h2-5,9,12H,6-8H2,1H3,(H,17,21)(H,18,19). The van der Waals surface area contributed by atoms with E-state index in [-0.39, 0.29) is 11.2 Å². The van der Waals surface area contributed by atoms with Gasteiger partial charge in [0.1, 0.15) is 0 Å². The lowest BCUT2D eigenvalue weighted by molar-refractivity contribution is -0.120. The summed E-state index contributed by atoms with van der Waals surface area (Å²) in [5.41, 5.74) is 1.02. The van der Waals surface area contributed by atoms with E-state index in [0.29, 0.717) is 17.6 Å². The summed E-state index contributed by atoms with van der Waals surface area (Å²) in [5.74, 6) is -0.0168. The van der Waals surface area contributed by atoms with Gasteiger partial charge in [0.25, 0.3) is 0 Å². The molecule has 122 valence electrons. The Kier molecular flexibility index (Phi) is 5.40. The Labute approximate surface area is 148 Å². The average molecular weight is 369 g/mol. The Morgan fingerprint density at radius 2 is 2.13 bits per heavy atom. The van der Waals surface area contributed by atoms with E-state index in [1.807, 2.05) is 31.2 Å². The van der Waals surface area contributed by atoms with Crippen molar-refractivity contribution in [1.82, 2.24) is 15.5 Å². The van der Waals surface area contributed by atoms with Crippen LogP contribution in [0.1, 0.15) is 25.3 Å². The van der Waals surface area contributed by atoms with Crippen LogP contribution in [0.4, 0.5) is 5.13 Å². The first-order valence-electron chi connectivity index (χ1n) is 7.39. The smallest absolute Gasteiger partial charge is 0.233 e. The maximum atomic E-state index is 12.2. The lowest BCUT2D eigenvalue weighted by atomic mass is 10.2. The van der Waals surface area contributed by atoms with E-state index in [0.717, 1.165) is 15.0 Å². The van der Waals surface area contributed by atoms with E-state index < -0.39 is 0 Å². The van der Waals surface area contributed by atoms with Gasteiger partial charge < -0.3 is 10.6 Å². The molecule has 0 spiro atoms. The highest BCUT2D eigenvalue weighted by Gasteiger charge is 2.23. The number of carbonyl (C=O) groups is 1. The second-order valence-electron chi connectivity index (χ2n) is 5.40. The van der Waals surface area contributed by atoms with E-state index in [1.165, 1.54) is 35.9 Å². The zero-order chi connectivity index (χ0) is 16.2. The number of amides is 1. The molecule has 1 aliphatic carbocycles. The third-order valence-corrected chi connectivity index (χ3v) is 5.63. The summed E-state index contributed by atoms with van der Waals surface area (Å²) in [6, 6.07) is 8.00. The van der Waals surface area contributed by atoms with E-state index >= 15 is 0 Å². The van der Waals surface area contributed by atoms with Gasteiger partial charge in [0.15, 0.2) is 4.34 Å². The molecule has 5 nitrogen and oxygen atoms in total. The molecule has 8 heteroatoms. The third-order valence-electron chi connectivity index (χ3n) is 3.34. The molecule has 1 atom stereocenters.